The summed E-state index contributed by atoms with van der Waals surface area (Å²) in [6.07, 6.45) is 0. The van der Waals surface area contributed by atoms with E-state index in [1.807, 2.05) is 0 Å². The average molecular weight is 339 g/mol. The first-order valence-electron chi connectivity index (χ1n) is 6.47. The summed E-state index contributed by atoms with van der Waals surface area (Å²) in [6, 6.07) is 5.34. The number of rotatable bonds is 3. The highest BCUT2D eigenvalue weighted by Crippen LogP contribution is 2.24. The number of H-pyrrole nitrogens is 2. The number of aromatic nitrogens is 2. The van der Waals surface area contributed by atoms with Crippen molar-refractivity contribution >= 4 is 26.7 Å². The molecule has 0 aliphatic heterocycles. The zero-order chi connectivity index (χ0) is 16.8. The van der Waals surface area contributed by atoms with Gasteiger partial charge in [-0.15, -0.1) is 0 Å². The average Bonchev–Trinajstić information content (AvgIpc) is 2.81. The molecule has 0 spiro atoms. The van der Waals surface area contributed by atoms with Gasteiger partial charge >= 0.3 is 5.69 Å². The lowest BCUT2D eigenvalue weighted by Crippen LogP contribution is -2.14. The molecule has 0 unspecified atom stereocenters. The zero-order valence-corrected chi connectivity index (χ0v) is 12.6. The fourth-order valence-electron chi connectivity index (χ4n) is 2.15. The number of anilines is 1. The summed E-state index contributed by atoms with van der Waals surface area (Å²) < 4.78 is 53.0. The Balaban J connectivity index is 2.04. The van der Waals surface area contributed by atoms with E-state index < -0.39 is 32.2 Å². The van der Waals surface area contributed by atoms with Gasteiger partial charge in [0.1, 0.15) is 0 Å². The quantitative estimate of drug-likeness (QED) is 0.683. The third-order valence-electron chi connectivity index (χ3n) is 3.31. The van der Waals surface area contributed by atoms with Crippen LogP contribution >= 0.6 is 0 Å². The molecule has 0 aliphatic rings. The Labute approximate surface area is 129 Å². The molecule has 0 saturated heterocycles. The van der Waals surface area contributed by atoms with Crippen molar-refractivity contribution in [1.29, 1.82) is 0 Å². The normalized spacial score (nSPS) is 11.8. The van der Waals surface area contributed by atoms with E-state index in [0.29, 0.717) is 22.7 Å². The van der Waals surface area contributed by atoms with E-state index in [2.05, 4.69) is 14.7 Å². The van der Waals surface area contributed by atoms with E-state index in [1.165, 1.54) is 6.07 Å². The molecule has 0 aliphatic carbocycles. The first-order valence-corrected chi connectivity index (χ1v) is 7.95. The molecular formula is C14H11F2N3O3S. The van der Waals surface area contributed by atoms with Gasteiger partial charge in [-0.3, -0.25) is 4.72 Å². The fourth-order valence-corrected chi connectivity index (χ4v) is 3.28. The largest absolute Gasteiger partial charge is 0.323 e. The molecule has 3 aromatic rings. The second-order valence-corrected chi connectivity index (χ2v) is 6.66. The van der Waals surface area contributed by atoms with Crippen LogP contribution in [0.4, 0.5) is 14.5 Å². The molecular weight excluding hydrogens is 328 g/mol. The van der Waals surface area contributed by atoms with Crippen molar-refractivity contribution in [2.24, 2.45) is 0 Å². The smallest absolute Gasteiger partial charge is 0.306 e. The van der Waals surface area contributed by atoms with E-state index in [0.717, 1.165) is 12.1 Å². The van der Waals surface area contributed by atoms with Crippen LogP contribution in [0.2, 0.25) is 0 Å². The highest BCUT2D eigenvalue weighted by atomic mass is 32.2. The van der Waals surface area contributed by atoms with E-state index in [4.69, 9.17) is 0 Å². The Morgan fingerprint density at radius 3 is 2.30 bits per heavy atom. The van der Waals surface area contributed by atoms with Gasteiger partial charge in [0.05, 0.1) is 21.6 Å². The third-order valence-corrected chi connectivity index (χ3v) is 4.67. The number of aryl methyl sites for hydroxylation is 1. The monoisotopic (exact) mass is 339 g/mol. The summed E-state index contributed by atoms with van der Waals surface area (Å²) in [6.45, 7) is 1.65. The minimum absolute atomic E-state index is 0.220. The molecule has 120 valence electrons. The summed E-state index contributed by atoms with van der Waals surface area (Å²) >= 11 is 0. The maximum absolute atomic E-state index is 13.2. The Kier molecular flexibility index (Phi) is 3.44. The molecule has 0 amide bonds. The highest BCUT2D eigenvalue weighted by Gasteiger charge is 2.18. The topological polar surface area (TPSA) is 94.8 Å². The highest BCUT2D eigenvalue weighted by molar-refractivity contribution is 7.92. The Bertz CT molecular complexity index is 1070. The van der Waals surface area contributed by atoms with E-state index in [-0.39, 0.29) is 5.69 Å². The molecule has 9 heteroatoms. The van der Waals surface area contributed by atoms with Crippen molar-refractivity contribution in [3.8, 4) is 0 Å². The van der Waals surface area contributed by atoms with Crippen LogP contribution in [0.1, 0.15) is 5.56 Å². The SMILES string of the molecule is Cc1cc2[nH]c(=O)[nH]c2cc1NS(=O)(=O)c1ccc(F)c(F)c1. The van der Waals surface area contributed by atoms with Crippen LogP contribution in [0, 0.1) is 18.6 Å². The predicted octanol–water partition coefficient (Wildman–Crippen LogP) is 2.24. The summed E-state index contributed by atoms with van der Waals surface area (Å²) in [4.78, 5) is 15.9. The van der Waals surface area contributed by atoms with Crippen LogP contribution in [-0.4, -0.2) is 18.4 Å². The number of nitrogens with one attached hydrogen (secondary N) is 3. The second kappa shape index (κ2) is 5.20. The number of fused-ring (bicyclic) bond motifs is 1. The lowest BCUT2D eigenvalue weighted by Gasteiger charge is -2.11. The van der Waals surface area contributed by atoms with Crippen molar-refractivity contribution < 1.29 is 17.2 Å². The fraction of sp³-hybridized carbons (Fsp3) is 0.0714. The Morgan fingerprint density at radius 2 is 1.65 bits per heavy atom. The van der Waals surface area contributed by atoms with Crippen LogP contribution in [0.3, 0.4) is 0 Å². The zero-order valence-electron chi connectivity index (χ0n) is 11.8. The summed E-state index contributed by atoms with van der Waals surface area (Å²) in [5, 5.41) is 0. The van der Waals surface area contributed by atoms with Gasteiger partial charge in [-0.1, -0.05) is 0 Å². The molecule has 0 bridgehead atoms. The minimum atomic E-state index is -4.10. The van der Waals surface area contributed by atoms with Gasteiger partial charge in [0, 0.05) is 0 Å². The molecule has 0 saturated carbocycles. The maximum atomic E-state index is 13.2. The first-order chi connectivity index (χ1) is 10.8. The van der Waals surface area contributed by atoms with Crippen LogP contribution in [0.5, 0.6) is 0 Å². The van der Waals surface area contributed by atoms with Crippen LogP contribution in [0.25, 0.3) is 11.0 Å². The molecule has 0 radical (unpaired) electrons. The van der Waals surface area contributed by atoms with E-state index in [1.54, 1.807) is 13.0 Å². The molecule has 1 aromatic heterocycles. The minimum Gasteiger partial charge on any atom is -0.306 e. The number of imidazole rings is 1. The number of hydrogen-bond donors (Lipinski definition) is 3. The van der Waals surface area contributed by atoms with Crippen LogP contribution < -0.4 is 10.4 Å². The van der Waals surface area contributed by atoms with Gasteiger partial charge in [0.2, 0.25) is 0 Å². The maximum Gasteiger partial charge on any atom is 0.323 e. The number of benzene rings is 2. The van der Waals surface area contributed by atoms with E-state index >= 15 is 0 Å². The molecule has 6 nitrogen and oxygen atoms in total. The summed E-state index contributed by atoms with van der Waals surface area (Å²) in [7, 11) is -4.10. The molecule has 0 atom stereocenters. The predicted molar refractivity (Wildman–Crippen MR) is 80.8 cm³/mol. The number of aromatic amines is 2. The van der Waals surface area contributed by atoms with Crippen molar-refractivity contribution in [3.63, 3.8) is 0 Å². The molecule has 1 heterocycles. The molecule has 2 aromatic carbocycles. The van der Waals surface area contributed by atoms with Gasteiger partial charge in [-0.2, -0.15) is 0 Å². The lowest BCUT2D eigenvalue weighted by molar-refractivity contribution is 0.504. The van der Waals surface area contributed by atoms with Crippen molar-refractivity contribution in [2.45, 2.75) is 11.8 Å². The van der Waals surface area contributed by atoms with Crippen LogP contribution in [0.15, 0.2) is 40.0 Å². The number of hydrogen-bond acceptors (Lipinski definition) is 3. The van der Waals surface area contributed by atoms with Gasteiger partial charge in [0.25, 0.3) is 10.0 Å². The number of halogens is 2. The first kappa shape index (κ1) is 15.2. The molecule has 0 fully saturated rings. The second-order valence-electron chi connectivity index (χ2n) is 4.97. The van der Waals surface area contributed by atoms with Crippen LogP contribution in [-0.2, 0) is 10.0 Å². The summed E-state index contributed by atoms with van der Waals surface area (Å²) in [5.41, 5.74) is 1.31. The number of sulfonamides is 1. The standard InChI is InChI=1S/C14H11F2N3O3S/c1-7-4-12-13(18-14(20)17-12)6-11(7)19-23(21,22)8-2-3-9(15)10(16)5-8/h2-6,19H,1H3,(H2,17,18,20). The van der Waals surface area contributed by atoms with Gasteiger partial charge in [-0.05, 0) is 42.8 Å². The van der Waals surface area contributed by atoms with Crippen molar-refractivity contribution in [2.75, 3.05) is 4.72 Å². The summed E-state index contributed by atoms with van der Waals surface area (Å²) in [5.74, 6) is -2.39. The molecule has 3 N–H and O–H groups in total. The van der Waals surface area contributed by atoms with Gasteiger partial charge < -0.3 is 9.97 Å². The van der Waals surface area contributed by atoms with Crippen molar-refractivity contribution in [1.82, 2.24) is 9.97 Å². The Hall–Kier alpha value is -2.68. The van der Waals surface area contributed by atoms with Gasteiger partial charge in [0.15, 0.2) is 11.6 Å². The van der Waals surface area contributed by atoms with E-state index in [9.17, 15) is 22.0 Å². The molecule has 23 heavy (non-hydrogen) atoms. The lowest BCUT2D eigenvalue weighted by atomic mass is 10.2. The van der Waals surface area contributed by atoms with Gasteiger partial charge in [-0.25, -0.2) is 22.0 Å². The Morgan fingerprint density at radius 1 is 1.00 bits per heavy atom. The molecule has 3 rings (SSSR count). The van der Waals surface area contributed by atoms with Crippen molar-refractivity contribution in [3.05, 3.63) is 58.0 Å². The third kappa shape index (κ3) is 2.82.